The molecular formula is C18H17ClN2O. The molecule has 0 spiro atoms. The first-order valence-corrected chi connectivity index (χ1v) is 7.77. The van der Waals surface area contributed by atoms with Crippen molar-refractivity contribution in [1.82, 2.24) is 9.88 Å². The zero-order valence-electron chi connectivity index (χ0n) is 12.2. The summed E-state index contributed by atoms with van der Waals surface area (Å²) in [5.41, 5.74) is 1.81. The molecule has 0 radical (unpaired) electrons. The second-order valence-electron chi connectivity index (χ2n) is 5.30. The Morgan fingerprint density at radius 2 is 2.05 bits per heavy atom. The average Bonchev–Trinajstić information content (AvgIpc) is 3.03. The molecule has 1 amide bonds. The number of amides is 1. The minimum Gasteiger partial charge on any atom is -0.332 e. The van der Waals surface area contributed by atoms with Crippen LogP contribution in [0.15, 0.2) is 54.7 Å². The molecule has 2 heterocycles. The van der Waals surface area contributed by atoms with Gasteiger partial charge in [0, 0.05) is 23.8 Å². The van der Waals surface area contributed by atoms with Crippen molar-refractivity contribution in [3.63, 3.8) is 0 Å². The standard InChI is InChI=1S/C18H17ClN2O/c19-16-8-2-1-7-15(16)17-9-5-13-21(17)18(22)11-10-14-6-3-4-12-20-14/h1-4,6-8,10-12,17H,5,9,13H2/b11-10+. The van der Waals surface area contributed by atoms with Crippen molar-refractivity contribution in [1.29, 1.82) is 0 Å². The van der Waals surface area contributed by atoms with Crippen molar-refractivity contribution in [2.75, 3.05) is 6.54 Å². The minimum atomic E-state index is 0.00747. The lowest BCUT2D eigenvalue weighted by Crippen LogP contribution is -2.29. The van der Waals surface area contributed by atoms with Crippen molar-refractivity contribution in [3.8, 4) is 0 Å². The second-order valence-corrected chi connectivity index (χ2v) is 5.71. The Morgan fingerprint density at radius 3 is 2.82 bits per heavy atom. The van der Waals surface area contributed by atoms with Crippen LogP contribution in [-0.4, -0.2) is 22.3 Å². The summed E-state index contributed by atoms with van der Waals surface area (Å²) >= 11 is 6.28. The van der Waals surface area contributed by atoms with Crippen LogP contribution in [0.1, 0.15) is 30.1 Å². The molecule has 0 saturated carbocycles. The molecule has 1 aliphatic rings. The molecule has 1 unspecified atom stereocenters. The number of halogens is 1. The summed E-state index contributed by atoms with van der Waals surface area (Å²) in [6.45, 7) is 0.765. The molecule has 2 aromatic rings. The Kier molecular flexibility index (Phi) is 4.54. The predicted octanol–water partition coefficient (Wildman–Crippen LogP) is 4.11. The molecule has 0 bridgehead atoms. The number of rotatable bonds is 3. The molecule has 4 heteroatoms. The number of hydrogen-bond acceptors (Lipinski definition) is 2. The van der Waals surface area contributed by atoms with Crippen molar-refractivity contribution < 1.29 is 4.79 Å². The second kappa shape index (κ2) is 6.75. The molecule has 1 saturated heterocycles. The van der Waals surface area contributed by atoms with E-state index in [0.29, 0.717) is 0 Å². The monoisotopic (exact) mass is 312 g/mol. The first-order chi connectivity index (χ1) is 10.8. The van der Waals surface area contributed by atoms with Gasteiger partial charge in [-0.2, -0.15) is 0 Å². The van der Waals surface area contributed by atoms with Crippen molar-refractivity contribution in [2.45, 2.75) is 18.9 Å². The van der Waals surface area contributed by atoms with E-state index in [9.17, 15) is 4.79 Å². The maximum Gasteiger partial charge on any atom is 0.247 e. The van der Waals surface area contributed by atoms with Gasteiger partial charge in [0.05, 0.1) is 11.7 Å². The van der Waals surface area contributed by atoms with Crippen LogP contribution >= 0.6 is 11.6 Å². The summed E-state index contributed by atoms with van der Waals surface area (Å²) in [7, 11) is 0. The van der Waals surface area contributed by atoms with Gasteiger partial charge in [0.15, 0.2) is 0 Å². The highest BCUT2D eigenvalue weighted by molar-refractivity contribution is 6.31. The molecular weight excluding hydrogens is 296 g/mol. The lowest BCUT2D eigenvalue weighted by Gasteiger charge is -2.24. The number of pyridine rings is 1. The van der Waals surface area contributed by atoms with E-state index in [0.717, 1.165) is 35.7 Å². The summed E-state index contributed by atoms with van der Waals surface area (Å²) in [4.78, 5) is 18.6. The topological polar surface area (TPSA) is 33.2 Å². The third kappa shape index (κ3) is 3.20. The number of likely N-dealkylation sites (tertiary alicyclic amines) is 1. The Bertz CT molecular complexity index is 684. The van der Waals surface area contributed by atoms with Crippen LogP contribution in [-0.2, 0) is 4.79 Å². The fourth-order valence-electron chi connectivity index (χ4n) is 2.83. The lowest BCUT2D eigenvalue weighted by molar-refractivity contribution is -0.126. The van der Waals surface area contributed by atoms with E-state index in [1.807, 2.05) is 47.4 Å². The summed E-state index contributed by atoms with van der Waals surface area (Å²) in [6.07, 6.45) is 7.01. The van der Waals surface area contributed by atoms with Gasteiger partial charge in [-0.3, -0.25) is 9.78 Å². The highest BCUT2D eigenvalue weighted by atomic mass is 35.5. The molecule has 1 aliphatic heterocycles. The molecule has 1 fully saturated rings. The number of carbonyl (C=O) groups is 1. The van der Waals surface area contributed by atoms with E-state index < -0.39 is 0 Å². The van der Waals surface area contributed by atoms with Crippen LogP contribution < -0.4 is 0 Å². The third-order valence-electron chi connectivity index (χ3n) is 3.88. The highest BCUT2D eigenvalue weighted by Crippen LogP contribution is 2.35. The Balaban J connectivity index is 1.77. The van der Waals surface area contributed by atoms with Gasteiger partial charge >= 0.3 is 0 Å². The van der Waals surface area contributed by atoms with Gasteiger partial charge in [0.25, 0.3) is 0 Å². The summed E-state index contributed by atoms with van der Waals surface area (Å²) in [5.74, 6) is 0.00747. The van der Waals surface area contributed by atoms with E-state index >= 15 is 0 Å². The molecule has 1 atom stereocenters. The van der Waals surface area contributed by atoms with Gasteiger partial charge in [-0.15, -0.1) is 0 Å². The Labute approximate surface area is 135 Å². The van der Waals surface area contributed by atoms with Crippen LogP contribution in [0.3, 0.4) is 0 Å². The zero-order valence-corrected chi connectivity index (χ0v) is 12.9. The SMILES string of the molecule is O=C(/C=C/c1ccccn1)N1CCCC1c1ccccc1Cl. The van der Waals surface area contributed by atoms with E-state index in [2.05, 4.69) is 4.98 Å². The largest absolute Gasteiger partial charge is 0.332 e. The molecule has 22 heavy (non-hydrogen) atoms. The van der Waals surface area contributed by atoms with Crippen LogP contribution in [0.25, 0.3) is 6.08 Å². The molecule has 1 aromatic carbocycles. The summed E-state index contributed by atoms with van der Waals surface area (Å²) in [6, 6.07) is 13.4. The van der Waals surface area contributed by atoms with Gasteiger partial charge in [-0.25, -0.2) is 0 Å². The summed E-state index contributed by atoms with van der Waals surface area (Å²) in [5, 5.41) is 0.723. The molecule has 3 nitrogen and oxygen atoms in total. The fraction of sp³-hybridized carbons (Fsp3) is 0.222. The molecule has 112 valence electrons. The maximum atomic E-state index is 12.5. The third-order valence-corrected chi connectivity index (χ3v) is 4.23. The normalized spacial score (nSPS) is 18.0. The van der Waals surface area contributed by atoms with Crippen LogP contribution in [0, 0.1) is 0 Å². The van der Waals surface area contributed by atoms with Gasteiger partial charge in [0.2, 0.25) is 5.91 Å². The quantitative estimate of drug-likeness (QED) is 0.799. The zero-order chi connectivity index (χ0) is 15.4. The van der Waals surface area contributed by atoms with Crippen molar-refractivity contribution >= 4 is 23.6 Å². The number of nitrogens with zero attached hydrogens (tertiary/aromatic N) is 2. The molecule has 0 N–H and O–H groups in total. The van der Waals surface area contributed by atoms with Crippen molar-refractivity contribution in [3.05, 3.63) is 71.0 Å². The predicted molar refractivity (Wildman–Crippen MR) is 88.4 cm³/mol. The van der Waals surface area contributed by atoms with E-state index in [4.69, 9.17) is 11.6 Å². The van der Waals surface area contributed by atoms with Crippen LogP contribution in [0.2, 0.25) is 5.02 Å². The van der Waals surface area contributed by atoms with E-state index in [-0.39, 0.29) is 11.9 Å². The maximum absolute atomic E-state index is 12.5. The van der Waals surface area contributed by atoms with Gasteiger partial charge in [0.1, 0.15) is 0 Å². The molecule has 0 aliphatic carbocycles. The Hall–Kier alpha value is -2.13. The lowest BCUT2D eigenvalue weighted by atomic mass is 10.0. The van der Waals surface area contributed by atoms with Crippen LogP contribution in [0.5, 0.6) is 0 Å². The number of hydrogen-bond donors (Lipinski definition) is 0. The molecule has 3 rings (SSSR count). The first-order valence-electron chi connectivity index (χ1n) is 7.40. The van der Waals surface area contributed by atoms with Gasteiger partial charge in [-0.05, 0) is 42.7 Å². The number of aromatic nitrogens is 1. The van der Waals surface area contributed by atoms with Gasteiger partial charge < -0.3 is 4.90 Å². The molecule has 1 aromatic heterocycles. The van der Waals surface area contributed by atoms with Gasteiger partial charge in [-0.1, -0.05) is 35.9 Å². The average molecular weight is 313 g/mol. The van der Waals surface area contributed by atoms with E-state index in [1.54, 1.807) is 18.3 Å². The summed E-state index contributed by atoms with van der Waals surface area (Å²) < 4.78 is 0. The minimum absolute atomic E-state index is 0.00747. The Morgan fingerprint density at radius 1 is 1.23 bits per heavy atom. The smallest absolute Gasteiger partial charge is 0.247 e. The van der Waals surface area contributed by atoms with Crippen molar-refractivity contribution in [2.24, 2.45) is 0 Å². The first kappa shape index (κ1) is 14.8. The number of benzene rings is 1. The van der Waals surface area contributed by atoms with E-state index in [1.165, 1.54) is 0 Å². The van der Waals surface area contributed by atoms with Crippen LogP contribution in [0.4, 0.5) is 0 Å². The number of carbonyl (C=O) groups excluding carboxylic acids is 1. The highest BCUT2D eigenvalue weighted by Gasteiger charge is 2.29. The fourth-order valence-corrected chi connectivity index (χ4v) is 3.09.